The van der Waals surface area contributed by atoms with Crippen molar-refractivity contribution in [3.8, 4) is 0 Å². The van der Waals surface area contributed by atoms with Crippen LogP contribution in [0.1, 0.15) is 5.56 Å². The largest absolute Gasteiger partial charge is 0.151 e. The molecule has 0 aromatic heterocycles. The van der Waals surface area contributed by atoms with Gasteiger partial charge in [0, 0.05) is 0 Å². The third-order valence-electron chi connectivity index (χ3n) is 2.58. The summed E-state index contributed by atoms with van der Waals surface area (Å²) < 4.78 is 0. The number of benzene rings is 1. The third kappa shape index (κ3) is 4.83. The van der Waals surface area contributed by atoms with Crippen molar-refractivity contribution in [2.24, 2.45) is 0 Å². The molecule has 0 spiro atoms. The van der Waals surface area contributed by atoms with Crippen LogP contribution in [-0.2, 0) is 0 Å². The van der Waals surface area contributed by atoms with Crippen LogP contribution in [0.3, 0.4) is 0 Å². The van der Waals surface area contributed by atoms with Crippen molar-refractivity contribution < 1.29 is 0 Å². The van der Waals surface area contributed by atoms with Crippen LogP contribution in [0.4, 0.5) is 0 Å². The van der Waals surface area contributed by atoms with Crippen LogP contribution in [0.5, 0.6) is 0 Å². The van der Waals surface area contributed by atoms with Gasteiger partial charge in [-0.3, -0.25) is 0 Å². The summed E-state index contributed by atoms with van der Waals surface area (Å²) in [7, 11) is 0. The van der Waals surface area contributed by atoms with E-state index in [-0.39, 0.29) is 0 Å². The molecular formula is C15H19B. The topological polar surface area (TPSA) is 0 Å². The molecule has 0 aliphatic heterocycles. The van der Waals surface area contributed by atoms with Gasteiger partial charge in [-0.05, 0) is 5.56 Å². The Balaban J connectivity index is 2.44. The van der Waals surface area contributed by atoms with Gasteiger partial charge in [-0.2, -0.15) is 0 Å². The molecule has 0 saturated carbocycles. The molecule has 0 heterocycles. The van der Waals surface area contributed by atoms with E-state index in [1.807, 2.05) is 18.2 Å². The Labute approximate surface area is 99.5 Å². The molecule has 1 aromatic rings. The van der Waals surface area contributed by atoms with Crippen LogP contribution in [0.25, 0.3) is 6.08 Å². The first-order chi connectivity index (χ1) is 7.86. The Morgan fingerprint density at radius 3 is 2.12 bits per heavy atom. The summed E-state index contributed by atoms with van der Waals surface area (Å²) in [4.78, 5) is 0. The van der Waals surface area contributed by atoms with Gasteiger partial charge in [-0.15, -0.1) is 13.2 Å². The van der Waals surface area contributed by atoms with E-state index < -0.39 is 0 Å². The maximum atomic E-state index is 3.79. The number of allylic oxidation sites excluding steroid dienone is 3. The van der Waals surface area contributed by atoms with Crippen LogP contribution in [-0.4, -0.2) is 6.71 Å². The molecule has 0 fully saturated rings. The van der Waals surface area contributed by atoms with Crippen molar-refractivity contribution in [3.05, 3.63) is 67.3 Å². The lowest BCUT2D eigenvalue weighted by Gasteiger charge is -2.04. The van der Waals surface area contributed by atoms with E-state index in [0.717, 1.165) is 19.0 Å². The fourth-order valence-electron chi connectivity index (χ4n) is 1.72. The van der Waals surface area contributed by atoms with Gasteiger partial charge in [0.15, 0.2) is 6.71 Å². The van der Waals surface area contributed by atoms with Gasteiger partial charge in [0.25, 0.3) is 0 Å². The highest BCUT2D eigenvalue weighted by Crippen LogP contribution is 2.10. The zero-order chi connectivity index (χ0) is 11.6. The Kier molecular flexibility index (Phi) is 6.09. The van der Waals surface area contributed by atoms with Gasteiger partial charge in [0.1, 0.15) is 0 Å². The minimum atomic E-state index is 0.648. The molecule has 0 atom stereocenters. The Morgan fingerprint density at radius 2 is 1.56 bits per heavy atom. The van der Waals surface area contributed by atoms with Crippen LogP contribution < -0.4 is 0 Å². The Hall–Kier alpha value is -1.50. The van der Waals surface area contributed by atoms with Crippen LogP contribution in [0.2, 0.25) is 19.0 Å². The molecule has 1 rings (SSSR count). The molecule has 0 amide bonds. The maximum absolute atomic E-state index is 3.79. The van der Waals surface area contributed by atoms with Crippen LogP contribution >= 0.6 is 0 Å². The Morgan fingerprint density at radius 1 is 0.938 bits per heavy atom. The van der Waals surface area contributed by atoms with Crippen LogP contribution in [0.15, 0.2) is 61.7 Å². The van der Waals surface area contributed by atoms with Gasteiger partial charge in [-0.1, -0.05) is 73.6 Å². The highest BCUT2D eigenvalue weighted by molar-refractivity contribution is 6.60. The van der Waals surface area contributed by atoms with Crippen molar-refractivity contribution in [3.63, 3.8) is 0 Å². The quantitative estimate of drug-likeness (QED) is 0.456. The summed E-state index contributed by atoms with van der Waals surface area (Å²) in [5.74, 6) is 0. The monoisotopic (exact) mass is 210 g/mol. The molecule has 0 saturated heterocycles. The first-order valence-corrected chi connectivity index (χ1v) is 5.80. The zero-order valence-corrected chi connectivity index (χ0v) is 9.81. The highest BCUT2D eigenvalue weighted by atomic mass is 13.9. The molecular weight excluding hydrogens is 191 g/mol. The second-order valence-electron chi connectivity index (χ2n) is 3.96. The smallest absolute Gasteiger partial charge is 0.104 e. The average molecular weight is 210 g/mol. The lowest BCUT2D eigenvalue weighted by atomic mass is 9.43. The molecule has 0 aliphatic rings. The predicted molar refractivity (Wildman–Crippen MR) is 76.0 cm³/mol. The molecule has 16 heavy (non-hydrogen) atoms. The molecule has 1 aromatic carbocycles. The molecule has 0 unspecified atom stereocenters. The normalized spacial score (nSPS) is 10.2. The average Bonchev–Trinajstić information content (AvgIpc) is 2.31. The standard InChI is InChI=1S/C15H19B/c1-3-12-16(13-4-2)14-8-11-15-9-6-5-7-10-15/h3-11H,1-2,12-14H2. The summed E-state index contributed by atoms with van der Waals surface area (Å²) in [5, 5.41) is 0. The van der Waals surface area contributed by atoms with Gasteiger partial charge in [0.05, 0.1) is 0 Å². The molecule has 1 heteroatoms. The van der Waals surface area contributed by atoms with Crippen LogP contribution in [0, 0.1) is 0 Å². The number of hydrogen-bond acceptors (Lipinski definition) is 0. The van der Waals surface area contributed by atoms with E-state index in [2.05, 4.69) is 49.6 Å². The summed E-state index contributed by atoms with van der Waals surface area (Å²) in [6.45, 7) is 8.23. The third-order valence-corrected chi connectivity index (χ3v) is 2.58. The van der Waals surface area contributed by atoms with E-state index in [4.69, 9.17) is 0 Å². The van der Waals surface area contributed by atoms with Gasteiger partial charge < -0.3 is 0 Å². The fourth-order valence-corrected chi connectivity index (χ4v) is 1.72. The number of hydrogen-bond donors (Lipinski definition) is 0. The summed E-state index contributed by atoms with van der Waals surface area (Å²) in [5.41, 5.74) is 1.26. The van der Waals surface area contributed by atoms with Crippen molar-refractivity contribution in [1.82, 2.24) is 0 Å². The molecule has 82 valence electrons. The van der Waals surface area contributed by atoms with E-state index in [1.165, 1.54) is 5.56 Å². The number of rotatable bonds is 7. The molecule has 0 N–H and O–H groups in total. The molecule has 0 aliphatic carbocycles. The Bertz CT molecular complexity index is 328. The second-order valence-corrected chi connectivity index (χ2v) is 3.96. The first kappa shape index (κ1) is 12.6. The van der Waals surface area contributed by atoms with E-state index >= 15 is 0 Å². The predicted octanol–water partition coefficient (Wildman–Crippen LogP) is 4.57. The van der Waals surface area contributed by atoms with E-state index in [9.17, 15) is 0 Å². The lowest BCUT2D eigenvalue weighted by molar-refractivity contribution is 1.45. The maximum Gasteiger partial charge on any atom is 0.151 e. The van der Waals surface area contributed by atoms with E-state index in [1.54, 1.807) is 0 Å². The minimum absolute atomic E-state index is 0.648. The minimum Gasteiger partial charge on any atom is -0.104 e. The van der Waals surface area contributed by atoms with Crippen molar-refractivity contribution in [2.75, 3.05) is 0 Å². The highest BCUT2D eigenvalue weighted by Gasteiger charge is 2.06. The lowest BCUT2D eigenvalue weighted by Crippen LogP contribution is -2.07. The van der Waals surface area contributed by atoms with Crippen molar-refractivity contribution >= 4 is 12.8 Å². The van der Waals surface area contributed by atoms with Gasteiger partial charge in [-0.25, -0.2) is 0 Å². The first-order valence-electron chi connectivity index (χ1n) is 5.80. The molecule has 0 bridgehead atoms. The molecule has 0 radical (unpaired) electrons. The fraction of sp³-hybridized carbons (Fsp3) is 0.200. The summed E-state index contributed by atoms with van der Waals surface area (Å²) in [6, 6.07) is 10.4. The zero-order valence-electron chi connectivity index (χ0n) is 9.81. The van der Waals surface area contributed by atoms with Gasteiger partial charge in [0.2, 0.25) is 0 Å². The SMILES string of the molecule is C=CCB(CC=C)CC=Cc1ccccc1. The molecule has 0 nitrogen and oxygen atoms in total. The summed E-state index contributed by atoms with van der Waals surface area (Å²) in [6.07, 6.45) is 11.6. The van der Waals surface area contributed by atoms with Crippen molar-refractivity contribution in [2.45, 2.75) is 19.0 Å². The van der Waals surface area contributed by atoms with Gasteiger partial charge >= 0.3 is 0 Å². The van der Waals surface area contributed by atoms with E-state index in [0.29, 0.717) is 6.71 Å². The second kappa shape index (κ2) is 7.75. The van der Waals surface area contributed by atoms with Crippen molar-refractivity contribution in [1.29, 1.82) is 0 Å². The summed E-state index contributed by atoms with van der Waals surface area (Å²) >= 11 is 0.